The molecule has 64 valence electrons. The standard InChI is InChI=1S/C9H16O2/c1-3-4-9(7-10)6-5-8(2)11/h7,9H,3-6H2,1-2H3/t9-/m1/s1. The molecule has 2 nitrogen and oxygen atoms in total. The summed E-state index contributed by atoms with van der Waals surface area (Å²) < 4.78 is 0. The first-order valence-electron chi connectivity index (χ1n) is 4.15. The zero-order valence-corrected chi connectivity index (χ0v) is 7.30. The molecule has 0 saturated carbocycles. The minimum absolute atomic E-state index is 0.101. The fourth-order valence-corrected chi connectivity index (χ4v) is 1.04. The number of carbonyl (C=O) groups excluding carboxylic acids is 2. The molecule has 0 radical (unpaired) electrons. The maximum atomic E-state index is 10.6. The van der Waals surface area contributed by atoms with Crippen molar-refractivity contribution in [3.8, 4) is 0 Å². The van der Waals surface area contributed by atoms with Crippen molar-refractivity contribution >= 4 is 12.1 Å². The van der Waals surface area contributed by atoms with Crippen LogP contribution in [0.15, 0.2) is 0 Å². The van der Waals surface area contributed by atoms with Crippen LogP contribution in [-0.2, 0) is 9.59 Å². The van der Waals surface area contributed by atoms with Crippen molar-refractivity contribution in [2.75, 3.05) is 0 Å². The van der Waals surface area contributed by atoms with Crippen LogP contribution in [0.4, 0.5) is 0 Å². The van der Waals surface area contributed by atoms with Crippen LogP contribution in [0.3, 0.4) is 0 Å². The van der Waals surface area contributed by atoms with Gasteiger partial charge in [-0.05, 0) is 19.8 Å². The van der Waals surface area contributed by atoms with E-state index in [1.54, 1.807) is 6.92 Å². The topological polar surface area (TPSA) is 34.1 Å². The predicted molar refractivity (Wildman–Crippen MR) is 44.4 cm³/mol. The van der Waals surface area contributed by atoms with Crippen LogP contribution in [0.2, 0.25) is 0 Å². The predicted octanol–water partition coefficient (Wildman–Crippen LogP) is 1.97. The molecule has 0 unspecified atom stereocenters. The molecule has 0 heterocycles. The third-order valence-corrected chi connectivity index (χ3v) is 1.72. The SMILES string of the molecule is CCC[C@@H](C=O)CCC(C)=O. The van der Waals surface area contributed by atoms with Crippen LogP contribution in [-0.4, -0.2) is 12.1 Å². The van der Waals surface area contributed by atoms with Crippen LogP contribution in [0.5, 0.6) is 0 Å². The zero-order chi connectivity index (χ0) is 8.69. The minimum atomic E-state index is 0.101. The normalized spacial score (nSPS) is 12.5. The van der Waals surface area contributed by atoms with Gasteiger partial charge in [0.15, 0.2) is 0 Å². The minimum Gasteiger partial charge on any atom is -0.303 e. The highest BCUT2D eigenvalue weighted by atomic mass is 16.1. The number of hydrogen-bond acceptors (Lipinski definition) is 2. The lowest BCUT2D eigenvalue weighted by molar-refractivity contribution is -0.117. The van der Waals surface area contributed by atoms with Crippen molar-refractivity contribution in [1.29, 1.82) is 0 Å². The van der Waals surface area contributed by atoms with Gasteiger partial charge in [0.25, 0.3) is 0 Å². The van der Waals surface area contributed by atoms with E-state index in [2.05, 4.69) is 0 Å². The fraction of sp³-hybridized carbons (Fsp3) is 0.778. The quantitative estimate of drug-likeness (QED) is 0.551. The molecule has 11 heavy (non-hydrogen) atoms. The summed E-state index contributed by atoms with van der Waals surface area (Å²) in [4.78, 5) is 20.9. The van der Waals surface area contributed by atoms with Gasteiger partial charge in [-0.25, -0.2) is 0 Å². The van der Waals surface area contributed by atoms with Gasteiger partial charge in [0.1, 0.15) is 12.1 Å². The molecule has 0 fully saturated rings. The van der Waals surface area contributed by atoms with Crippen LogP contribution in [0.25, 0.3) is 0 Å². The number of aldehydes is 1. The zero-order valence-electron chi connectivity index (χ0n) is 7.30. The maximum absolute atomic E-state index is 10.6. The van der Waals surface area contributed by atoms with E-state index in [0.29, 0.717) is 6.42 Å². The molecule has 0 aliphatic heterocycles. The Labute approximate surface area is 68.0 Å². The molecule has 0 N–H and O–H groups in total. The second-order valence-corrected chi connectivity index (χ2v) is 2.93. The summed E-state index contributed by atoms with van der Waals surface area (Å²) >= 11 is 0. The average Bonchev–Trinajstić information content (AvgIpc) is 1.97. The Morgan fingerprint density at radius 3 is 2.45 bits per heavy atom. The van der Waals surface area contributed by atoms with Crippen LogP contribution in [0.1, 0.15) is 39.5 Å². The molecule has 0 saturated heterocycles. The highest BCUT2D eigenvalue weighted by molar-refractivity contribution is 5.75. The van der Waals surface area contributed by atoms with Crippen LogP contribution < -0.4 is 0 Å². The lowest BCUT2D eigenvalue weighted by Crippen LogP contribution is -2.03. The van der Waals surface area contributed by atoms with Crippen molar-refractivity contribution in [2.45, 2.75) is 39.5 Å². The number of carbonyl (C=O) groups is 2. The highest BCUT2D eigenvalue weighted by Crippen LogP contribution is 2.10. The number of Topliss-reactive ketones (excluding diaryl/α,β-unsaturated/α-hetero) is 1. The molecule has 0 bridgehead atoms. The smallest absolute Gasteiger partial charge is 0.129 e. The van der Waals surface area contributed by atoms with Gasteiger partial charge in [0.05, 0.1) is 0 Å². The van der Waals surface area contributed by atoms with Gasteiger partial charge in [-0.3, -0.25) is 0 Å². The van der Waals surface area contributed by atoms with E-state index >= 15 is 0 Å². The van der Waals surface area contributed by atoms with Crippen LogP contribution in [0, 0.1) is 5.92 Å². The van der Waals surface area contributed by atoms with Gasteiger partial charge < -0.3 is 9.59 Å². The summed E-state index contributed by atoms with van der Waals surface area (Å²) in [5, 5.41) is 0. The van der Waals surface area contributed by atoms with Gasteiger partial charge >= 0.3 is 0 Å². The molecule has 0 amide bonds. The van der Waals surface area contributed by atoms with Crippen LogP contribution >= 0.6 is 0 Å². The summed E-state index contributed by atoms with van der Waals surface area (Å²) in [7, 11) is 0. The lowest BCUT2D eigenvalue weighted by atomic mass is 9.99. The Morgan fingerprint density at radius 2 is 2.09 bits per heavy atom. The first-order chi connectivity index (χ1) is 5.20. The average molecular weight is 156 g/mol. The molecule has 0 rings (SSSR count). The first-order valence-corrected chi connectivity index (χ1v) is 4.15. The van der Waals surface area contributed by atoms with Crippen molar-refractivity contribution in [1.82, 2.24) is 0 Å². The van der Waals surface area contributed by atoms with E-state index in [4.69, 9.17) is 0 Å². The van der Waals surface area contributed by atoms with Gasteiger partial charge in [0, 0.05) is 12.3 Å². The van der Waals surface area contributed by atoms with E-state index in [1.165, 1.54) is 0 Å². The maximum Gasteiger partial charge on any atom is 0.129 e. The number of hydrogen-bond donors (Lipinski definition) is 0. The van der Waals surface area contributed by atoms with Crippen molar-refractivity contribution in [3.63, 3.8) is 0 Å². The number of rotatable bonds is 6. The first kappa shape index (κ1) is 10.3. The monoisotopic (exact) mass is 156 g/mol. The number of ketones is 1. The van der Waals surface area contributed by atoms with Crippen molar-refractivity contribution < 1.29 is 9.59 Å². The lowest BCUT2D eigenvalue weighted by Gasteiger charge is -2.05. The fourth-order valence-electron chi connectivity index (χ4n) is 1.04. The van der Waals surface area contributed by atoms with Crippen molar-refractivity contribution in [2.24, 2.45) is 5.92 Å². The molecule has 0 spiro atoms. The molecule has 0 aromatic carbocycles. The Hall–Kier alpha value is -0.660. The molecule has 0 aliphatic rings. The summed E-state index contributed by atoms with van der Waals surface area (Å²) in [5.41, 5.74) is 0. The Balaban J connectivity index is 3.51. The molecular weight excluding hydrogens is 140 g/mol. The Kier molecular flexibility index (Phi) is 5.71. The summed E-state index contributed by atoms with van der Waals surface area (Å²) in [6, 6.07) is 0. The molecule has 0 aromatic rings. The van der Waals surface area contributed by atoms with E-state index in [-0.39, 0.29) is 11.7 Å². The third-order valence-electron chi connectivity index (χ3n) is 1.72. The molecule has 2 heteroatoms. The second kappa shape index (κ2) is 6.08. The van der Waals surface area contributed by atoms with Gasteiger partial charge in [-0.15, -0.1) is 0 Å². The Bertz CT molecular complexity index is 130. The highest BCUT2D eigenvalue weighted by Gasteiger charge is 2.06. The van der Waals surface area contributed by atoms with E-state index in [1.807, 2.05) is 6.92 Å². The molecule has 0 aliphatic carbocycles. The second-order valence-electron chi connectivity index (χ2n) is 2.93. The van der Waals surface area contributed by atoms with E-state index in [0.717, 1.165) is 25.5 Å². The molecule has 1 atom stereocenters. The van der Waals surface area contributed by atoms with Gasteiger partial charge in [0.2, 0.25) is 0 Å². The summed E-state index contributed by atoms with van der Waals surface area (Å²) in [6.07, 6.45) is 4.17. The summed E-state index contributed by atoms with van der Waals surface area (Å²) in [5.74, 6) is 0.275. The molecular formula is C9H16O2. The largest absolute Gasteiger partial charge is 0.303 e. The Morgan fingerprint density at radius 1 is 1.45 bits per heavy atom. The third kappa shape index (κ3) is 5.77. The van der Waals surface area contributed by atoms with E-state index in [9.17, 15) is 9.59 Å². The molecule has 0 aromatic heterocycles. The summed E-state index contributed by atoms with van der Waals surface area (Å²) in [6.45, 7) is 3.61. The van der Waals surface area contributed by atoms with Gasteiger partial charge in [-0.1, -0.05) is 13.3 Å². The van der Waals surface area contributed by atoms with E-state index < -0.39 is 0 Å². The van der Waals surface area contributed by atoms with Crippen molar-refractivity contribution in [3.05, 3.63) is 0 Å². The van der Waals surface area contributed by atoms with Gasteiger partial charge in [-0.2, -0.15) is 0 Å².